The highest BCUT2D eigenvalue weighted by molar-refractivity contribution is 7.23. The number of aryl methyl sites for hydroxylation is 1. The molecule has 0 atom stereocenters. The zero-order valence-electron chi connectivity index (χ0n) is 16.1. The predicted molar refractivity (Wildman–Crippen MR) is 122 cm³/mol. The second kappa shape index (κ2) is 7.73. The standard InChI is InChI=1S/C22H22N4S2/c1-13(2)15-8-10-17(11-9-15)24-22-26-20(23)19(28-22)21-25-18(12-27-21)16-6-4-14(3)5-7-16/h4-13H,23H2,1-3H3,(H,24,26). The number of hydrogen-bond donors (Lipinski definition) is 2. The van der Waals surface area contributed by atoms with E-state index in [2.05, 4.69) is 85.0 Å². The molecule has 142 valence electrons. The zero-order valence-corrected chi connectivity index (χ0v) is 17.7. The number of rotatable bonds is 5. The van der Waals surface area contributed by atoms with E-state index in [1.54, 1.807) is 11.3 Å². The normalized spacial score (nSPS) is 11.1. The second-order valence-electron chi connectivity index (χ2n) is 7.04. The van der Waals surface area contributed by atoms with Gasteiger partial charge in [0.2, 0.25) is 0 Å². The third-order valence-corrected chi connectivity index (χ3v) is 6.51. The predicted octanol–water partition coefficient (Wildman–Crippen LogP) is 6.69. The van der Waals surface area contributed by atoms with Crippen molar-refractivity contribution in [3.05, 3.63) is 65.0 Å². The van der Waals surface area contributed by atoms with Gasteiger partial charge in [0, 0.05) is 16.6 Å². The first-order chi connectivity index (χ1) is 13.5. The number of aromatic nitrogens is 2. The van der Waals surface area contributed by atoms with Crippen molar-refractivity contribution in [3.63, 3.8) is 0 Å². The van der Waals surface area contributed by atoms with Crippen molar-refractivity contribution in [1.29, 1.82) is 0 Å². The van der Waals surface area contributed by atoms with Gasteiger partial charge in [-0.15, -0.1) is 11.3 Å². The van der Waals surface area contributed by atoms with Gasteiger partial charge in [-0.2, -0.15) is 0 Å². The minimum atomic E-state index is 0.510. The number of nitrogens with one attached hydrogen (secondary N) is 1. The van der Waals surface area contributed by atoms with Crippen LogP contribution in [-0.4, -0.2) is 9.97 Å². The fourth-order valence-electron chi connectivity index (χ4n) is 2.85. The molecule has 3 N–H and O–H groups in total. The molecule has 0 aliphatic heterocycles. The fraction of sp³-hybridized carbons (Fsp3) is 0.182. The third-order valence-electron chi connectivity index (χ3n) is 4.53. The van der Waals surface area contributed by atoms with Crippen LogP contribution in [0.1, 0.15) is 30.9 Å². The Morgan fingerprint density at radius 3 is 2.36 bits per heavy atom. The van der Waals surface area contributed by atoms with Gasteiger partial charge in [0.05, 0.1) is 5.69 Å². The third kappa shape index (κ3) is 3.93. The molecule has 4 rings (SSSR count). The second-order valence-corrected chi connectivity index (χ2v) is 8.90. The average Bonchev–Trinajstić information content (AvgIpc) is 3.29. The zero-order chi connectivity index (χ0) is 19.7. The highest BCUT2D eigenvalue weighted by Gasteiger charge is 2.15. The molecule has 0 fully saturated rings. The molecule has 0 amide bonds. The van der Waals surface area contributed by atoms with Gasteiger partial charge in [-0.25, -0.2) is 9.97 Å². The lowest BCUT2D eigenvalue weighted by Gasteiger charge is -2.07. The molecular formula is C22H22N4S2. The van der Waals surface area contributed by atoms with E-state index in [1.807, 2.05) is 0 Å². The van der Waals surface area contributed by atoms with Crippen LogP contribution in [0.25, 0.3) is 21.1 Å². The van der Waals surface area contributed by atoms with E-state index in [0.717, 1.165) is 32.0 Å². The Morgan fingerprint density at radius 2 is 1.68 bits per heavy atom. The van der Waals surface area contributed by atoms with Crippen molar-refractivity contribution in [3.8, 4) is 21.1 Å². The molecule has 0 radical (unpaired) electrons. The van der Waals surface area contributed by atoms with Crippen molar-refractivity contribution < 1.29 is 0 Å². The number of hydrogen-bond acceptors (Lipinski definition) is 6. The van der Waals surface area contributed by atoms with Gasteiger partial charge >= 0.3 is 0 Å². The molecule has 0 spiro atoms. The van der Waals surface area contributed by atoms with E-state index in [4.69, 9.17) is 10.7 Å². The van der Waals surface area contributed by atoms with Gasteiger partial charge < -0.3 is 11.1 Å². The van der Waals surface area contributed by atoms with Gasteiger partial charge in [-0.05, 0) is 30.5 Å². The number of thiazole rings is 2. The van der Waals surface area contributed by atoms with Crippen LogP contribution >= 0.6 is 22.7 Å². The summed E-state index contributed by atoms with van der Waals surface area (Å²) in [4.78, 5) is 10.2. The summed E-state index contributed by atoms with van der Waals surface area (Å²) in [5.41, 5.74) is 11.8. The molecule has 4 nitrogen and oxygen atoms in total. The van der Waals surface area contributed by atoms with E-state index in [-0.39, 0.29) is 0 Å². The molecule has 2 heterocycles. The minimum Gasteiger partial charge on any atom is -0.382 e. The molecule has 0 saturated carbocycles. The van der Waals surface area contributed by atoms with Gasteiger partial charge in [-0.1, -0.05) is 67.1 Å². The first-order valence-corrected chi connectivity index (χ1v) is 10.9. The summed E-state index contributed by atoms with van der Waals surface area (Å²) < 4.78 is 0. The van der Waals surface area contributed by atoms with Crippen molar-refractivity contribution >= 4 is 39.3 Å². The summed E-state index contributed by atoms with van der Waals surface area (Å²) in [6, 6.07) is 16.8. The number of anilines is 3. The van der Waals surface area contributed by atoms with Gasteiger partial charge in [0.15, 0.2) is 5.13 Å². The molecule has 0 aliphatic rings. The van der Waals surface area contributed by atoms with Crippen LogP contribution in [0.15, 0.2) is 53.9 Å². The topological polar surface area (TPSA) is 63.8 Å². The van der Waals surface area contributed by atoms with E-state index < -0.39 is 0 Å². The number of nitrogen functional groups attached to an aromatic ring is 1. The van der Waals surface area contributed by atoms with Crippen molar-refractivity contribution in [2.45, 2.75) is 26.7 Å². The summed E-state index contributed by atoms with van der Waals surface area (Å²) in [6.07, 6.45) is 0. The van der Waals surface area contributed by atoms with Gasteiger partial charge in [-0.3, -0.25) is 0 Å². The fourth-order valence-corrected chi connectivity index (χ4v) is 4.68. The Morgan fingerprint density at radius 1 is 0.964 bits per heavy atom. The van der Waals surface area contributed by atoms with Crippen LogP contribution in [0.4, 0.5) is 16.6 Å². The molecule has 4 aromatic rings. The van der Waals surface area contributed by atoms with Crippen molar-refractivity contribution in [2.24, 2.45) is 0 Å². The summed E-state index contributed by atoms with van der Waals surface area (Å²) in [7, 11) is 0. The molecule has 0 aliphatic carbocycles. The quantitative estimate of drug-likeness (QED) is 0.387. The Balaban J connectivity index is 1.55. The van der Waals surface area contributed by atoms with E-state index in [9.17, 15) is 0 Å². The Kier molecular flexibility index (Phi) is 5.15. The smallest absolute Gasteiger partial charge is 0.189 e. The van der Waals surface area contributed by atoms with Crippen molar-refractivity contribution in [1.82, 2.24) is 9.97 Å². The largest absolute Gasteiger partial charge is 0.382 e. The lowest BCUT2D eigenvalue weighted by Crippen LogP contribution is -1.92. The summed E-state index contributed by atoms with van der Waals surface area (Å²) in [5.74, 6) is 1.03. The van der Waals surface area contributed by atoms with Crippen LogP contribution in [0.2, 0.25) is 0 Å². The van der Waals surface area contributed by atoms with E-state index in [0.29, 0.717) is 11.7 Å². The number of nitrogens with zero attached hydrogens (tertiary/aromatic N) is 2. The summed E-state index contributed by atoms with van der Waals surface area (Å²) in [5, 5.41) is 7.09. The lowest BCUT2D eigenvalue weighted by molar-refractivity contribution is 0.867. The Bertz CT molecular complexity index is 1080. The molecule has 0 bridgehead atoms. The molecule has 6 heteroatoms. The van der Waals surface area contributed by atoms with Crippen LogP contribution in [0.5, 0.6) is 0 Å². The number of benzene rings is 2. The maximum atomic E-state index is 6.18. The van der Waals surface area contributed by atoms with E-state index >= 15 is 0 Å². The molecular weight excluding hydrogens is 384 g/mol. The Hall–Kier alpha value is -2.70. The van der Waals surface area contributed by atoms with Crippen LogP contribution in [0.3, 0.4) is 0 Å². The number of nitrogens with two attached hydrogens (primary N) is 1. The molecule has 0 unspecified atom stereocenters. The molecule has 2 aromatic carbocycles. The summed E-state index contributed by atoms with van der Waals surface area (Å²) >= 11 is 3.12. The first-order valence-electron chi connectivity index (χ1n) is 9.16. The first kappa shape index (κ1) is 18.7. The maximum Gasteiger partial charge on any atom is 0.189 e. The van der Waals surface area contributed by atoms with Crippen molar-refractivity contribution in [2.75, 3.05) is 11.1 Å². The van der Waals surface area contributed by atoms with Gasteiger partial charge in [0.25, 0.3) is 0 Å². The van der Waals surface area contributed by atoms with E-state index in [1.165, 1.54) is 22.5 Å². The SMILES string of the molecule is Cc1ccc(-c2csc(-c3sc(Nc4ccc(C(C)C)cc4)nc3N)n2)cc1. The molecule has 2 aromatic heterocycles. The maximum absolute atomic E-state index is 6.18. The minimum absolute atomic E-state index is 0.510. The highest BCUT2D eigenvalue weighted by atomic mass is 32.1. The lowest BCUT2D eigenvalue weighted by atomic mass is 10.0. The van der Waals surface area contributed by atoms with Crippen LogP contribution in [-0.2, 0) is 0 Å². The average molecular weight is 407 g/mol. The van der Waals surface area contributed by atoms with Crippen LogP contribution < -0.4 is 11.1 Å². The van der Waals surface area contributed by atoms with Gasteiger partial charge in [0.1, 0.15) is 15.7 Å². The highest BCUT2D eigenvalue weighted by Crippen LogP contribution is 2.39. The summed E-state index contributed by atoms with van der Waals surface area (Å²) in [6.45, 7) is 6.46. The van der Waals surface area contributed by atoms with Crippen LogP contribution in [0, 0.1) is 6.92 Å². The molecule has 0 saturated heterocycles. The monoisotopic (exact) mass is 406 g/mol. The Labute approximate surface area is 173 Å². The molecule has 28 heavy (non-hydrogen) atoms.